The van der Waals surface area contributed by atoms with Gasteiger partial charge in [0.25, 0.3) is 0 Å². The lowest BCUT2D eigenvalue weighted by molar-refractivity contribution is 0.287. The second-order valence-electron chi connectivity index (χ2n) is 9.75. The topological polar surface area (TPSA) is 4.93 Å². The van der Waals surface area contributed by atoms with Crippen molar-refractivity contribution in [3.8, 4) is 11.8 Å². The highest BCUT2D eigenvalue weighted by Crippen LogP contribution is 2.43. The van der Waals surface area contributed by atoms with E-state index in [2.05, 4.69) is 121 Å². The summed E-state index contributed by atoms with van der Waals surface area (Å²) >= 11 is 0. The normalized spacial score (nSPS) is 20.8. The summed E-state index contributed by atoms with van der Waals surface area (Å²) in [4.78, 5) is 0. The molecule has 0 N–H and O–H groups in total. The van der Waals surface area contributed by atoms with Crippen LogP contribution < -0.4 is 0 Å². The molecule has 2 aromatic carbocycles. The molecule has 2 aliphatic rings. The molecule has 1 nitrogen and oxygen atoms in total. The van der Waals surface area contributed by atoms with Crippen LogP contribution in [0.15, 0.2) is 103 Å². The molecule has 0 spiro atoms. The highest BCUT2D eigenvalue weighted by molar-refractivity contribution is 6.10. The van der Waals surface area contributed by atoms with Gasteiger partial charge in [0.1, 0.15) is 0 Å². The van der Waals surface area contributed by atoms with Crippen LogP contribution in [0.2, 0.25) is 0 Å². The average Bonchev–Trinajstić information content (AvgIpc) is 3.00. The molecule has 1 heterocycles. The lowest BCUT2D eigenvalue weighted by Gasteiger charge is -2.35. The molecule has 34 heavy (non-hydrogen) atoms. The Labute approximate surface area is 203 Å². The summed E-state index contributed by atoms with van der Waals surface area (Å²) in [5.74, 6) is 6.80. The van der Waals surface area contributed by atoms with Gasteiger partial charge in [-0.05, 0) is 54.0 Å². The Morgan fingerprint density at radius 3 is 2.47 bits per heavy atom. The van der Waals surface area contributed by atoms with Crippen molar-refractivity contribution >= 4 is 27.5 Å². The molecule has 0 amide bonds. The summed E-state index contributed by atoms with van der Waals surface area (Å²) in [6, 6.07) is 17.5. The number of rotatable bonds is 7. The van der Waals surface area contributed by atoms with Crippen molar-refractivity contribution in [3.05, 3.63) is 103 Å². The van der Waals surface area contributed by atoms with E-state index in [1.807, 2.05) is 6.08 Å². The van der Waals surface area contributed by atoms with Gasteiger partial charge >= 0.3 is 0 Å². The molecule has 0 saturated carbocycles. The summed E-state index contributed by atoms with van der Waals surface area (Å²) in [5, 5.41) is 2.64. The molecule has 3 aromatic rings. The first-order valence-corrected chi connectivity index (χ1v) is 12.6. The number of unbranched alkanes of at least 4 members (excludes halogenated alkanes) is 1. The Morgan fingerprint density at radius 1 is 1.06 bits per heavy atom. The third-order valence-electron chi connectivity index (χ3n) is 7.37. The monoisotopic (exact) mass is 443 g/mol. The van der Waals surface area contributed by atoms with E-state index in [1.165, 1.54) is 52.3 Å². The largest absolute Gasteiger partial charge is 0.310 e. The van der Waals surface area contributed by atoms with Crippen LogP contribution in [0.25, 0.3) is 27.5 Å². The Morgan fingerprint density at radius 2 is 1.79 bits per heavy atom. The van der Waals surface area contributed by atoms with Gasteiger partial charge in [-0.1, -0.05) is 111 Å². The lowest BCUT2D eigenvalue weighted by Crippen LogP contribution is -2.25. The van der Waals surface area contributed by atoms with Gasteiger partial charge in [0.05, 0.1) is 11.0 Å². The van der Waals surface area contributed by atoms with Crippen molar-refractivity contribution in [3.63, 3.8) is 0 Å². The second-order valence-corrected chi connectivity index (χ2v) is 9.75. The number of nitrogens with zero attached hydrogens (tertiary/aromatic N) is 1. The van der Waals surface area contributed by atoms with Gasteiger partial charge in [0, 0.05) is 22.9 Å². The molecule has 2 unspecified atom stereocenters. The zero-order chi connectivity index (χ0) is 23.4. The Kier molecular flexibility index (Phi) is 6.41. The number of aromatic nitrogens is 1. The minimum atomic E-state index is 0.112. The number of hydrogen-bond acceptors (Lipinski definition) is 0. The molecule has 0 bridgehead atoms. The number of hydrogen-bond donors (Lipinski definition) is 0. The number of fused-ring (bicyclic) bond motifs is 3. The van der Waals surface area contributed by atoms with Crippen molar-refractivity contribution in [1.82, 2.24) is 4.57 Å². The molecule has 1 aromatic heterocycles. The average molecular weight is 444 g/mol. The molecule has 2 atom stereocenters. The van der Waals surface area contributed by atoms with Gasteiger partial charge in [-0.25, -0.2) is 0 Å². The SMILES string of the molecule is CCCCC(/C=C\C1=CC=CC#CC1)C1(C)C=CC(n2c3ccccc3c3ccccc32)=CC1. The van der Waals surface area contributed by atoms with Crippen LogP contribution in [0.1, 0.15) is 46.0 Å². The van der Waals surface area contributed by atoms with Crippen LogP contribution in [-0.2, 0) is 0 Å². The Bertz CT molecular complexity index is 1360. The molecule has 1 heteroatoms. The van der Waals surface area contributed by atoms with Gasteiger partial charge in [-0.2, -0.15) is 0 Å². The Balaban J connectivity index is 1.46. The predicted molar refractivity (Wildman–Crippen MR) is 147 cm³/mol. The van der Waals surface area contributed by atoms with Crippen LogP contribution in [-0.4, -0.2) is 4.57 Å². The summed E-state index contributed by atoms with van der Waals surface area (Å²) in [7, 11) is 0. The van der Waals surface area contributed by atoms with E-state index in [-0.39, 0.29) is 5.41 Å². The van der Waals surface area contributed by atoms with Crippen LogP contribution in [0, 0.1) is 23.2 Å². The van der Waals surface area contributed by atoms with Crippen molar-refractivity contribution < 1.29 is 0 Å². The van der Waals surface area contributed by atoms with Crippen molar-refractivity contribution in [2.45, 2.75) is 46.0 Å². The maximum Gasteiger partial charge on any atom is 0.0540 e. The molecule has 5 rings (SSSR count). The fraction of sp³-hybridized carbons (Fsp3) is 0.273. The van der Waals surface area contributed by atoms with E-state index < -0.39 is 0 Å². The van der Waals surface area contributed by atoms with Gasteiger partial charge in [-0.15, -0.1) is 0 Å². The van der Waals surface area contributed by atoms with Gasteiger partial charge in [0.15, 0.2) is 0 Å². The summed E-state index contributed by atoms with van der Waals surface area (Å²) in [6.45, 7) is 4.71. The highest BCUT2D eigenvalue weighted by Gasteiger charge is 2.31. The fourth-order valence-electron chi connectivity index (χ4n) is 5.29. The minimum Gasteiger partial charge on any atom is -0.310 e. The maximum atomic E-state index is 3.22. The fourth-order valence-corrected chi connectivity index (χ4v) is 5.29. The number of para-hydroxylation sites is 2. The van der Waals surface area contributed by atoms with E-state index in [0.717, 1.165) is 12.8 Å². The number of allylic oxidation sites excluding steroid dienone is 10. The molecular weight excluding hydrogens is 410 g/mol. The Hall–Kier alpha value is -3.50. The zero-order valence-electron chi connectivity index (χ0n) is 20.3. The first-order chi connectivity index (χ1) is 16.7. The summed E-state index contributed by atoms with van der Waals surface area (Å²) in [5.41, 5.74) is 5.24. The van der Waals surface area contributed by atoms with Crippen LogP contribution in [0.5, 0.6) is 0 Å². The van der Waals surface area contributed by atoms with E-state index in [1.54, 1.807) is 0 Å². The molecular formula is C33H33N. The predicted octanol–water partition coefficient (Wildman–Crippen LogP) is 8.85. The van der Waals surface area contributed by atoms with E-state index in [9.17, 15) is 0 Å². The second kappa shape index (κ2) is 9.78. The third-order valence-corrected chi connectivity index (χ3v) is 7.37. The first-order valence-electron chi connectivity index (χ1n) is 12.6. The molecule has 0 saturated heterocycles. The third kappa shape index (κ3) is 4.34. The van der Waals surface area contributed by atoms with Crippen molar-refractivity contribution in [1.29, 1.82) is 0 Å². The van der Waals surface area contributed by atoms with Crippen LogP contribution in [0.3, 0.4) is 0 Å². The number of benzene rings is 2. The maximum absolute atomic E-state index is 3.22. The van der Waals surface area contributed by atoms with Crippen LogP contribution in [0.4, 0.5) is 0 Å². The highest BCUT2D eigenvalue weighted by atomic mass is 15.0. The molecule has 0 fully saturated rings. The quantitative estimate of drug-likeness (QED) is 0.321. The summed E-state index contributed by atoms with van der Waals surface area (Å²) < 4.78 is 2.43. The smallest absolute Gasteiger partial charge is 0.0540 e. The molecule has 2 aliphatic carbocycles. The zero-order valence-corrected chi connectivity index (χ0v) is 20.3. The van der Waals surface area contributed by atoms with Crippen molar-refractivity contribution in [2.75, 3.05) is 0 Å². The van der Waals surface area contributed by atoms with E-state index in [4.69, 9.17) is 0 Å². The minimum absolute atomic E-state index is 0.112. The standard InChI is InChI=1S/C33H33N/c1-3-4-15-27(21-20-26-13-7-5-6-8-14-26)33(2)24-22-28(23-25-33)34-31-18-11-9-16-29(31)30-17-10-12-19-32(30)34/h5,7,9-13,16-24,27H,3-4,14-15,25H2,1-2H3/b21-20-. The summed E-state index contributed by atoms with van der Waals surface area (Å²) in [6.07, 6.45) is 23.8. The first kappa shape index (κ1) is 22.3. The van der Waals surface area contributed by atoms with Crippen LogP contribution >= 0.6 is 0 Å². The van der Waals surface area contributed by atoms with Crippen molar-refractivity contribution in [2.24, 2.45) is 11.3 Å². The van der Waals surface area contributed by atoms with E-state index >= 15 is 0 Å². The molecule has 0 radical (unpaired) electrons. The van der Waals surface area contributed by atoms with E-state index in [0.29, 0.717) is 5.92 Å². The molecule has 0 aliphatic heterocycles. The van der Waals surface area contributed by atoms with Gasteiger partial charge in [0.2, 0.25) is 0 Å². The lowest BCUT2D eigenvalue weighted by atomic mass is 9.70. The van der Waals surface area contributed by atoms with Gasteiger partial charge < -0.3 is 4.57 Å². The van der Waals surface area contributed by atoms with Gasteiger partial charge in [-0.3, -0.25) is 0 Å². The molecule has 170 valence electrons.